The number of thioether (sulfide) groups is 1. The Morgan fingerprint density at radius 3 is 2.75 bits per heavy atom. The van der Waals surface area contributed by atoms with Crippen LogP contribution >= 0.6 is 11.8 Å². The first kappa shape index (κ1) is 11.9. The normalized spacial score (nSPS) is 19.6. The molecule has 1 saturated heterocycles. The van der Waals surface area contributed by atoms with Gasteiger partial charge in [-0.2, -0.15) is 0 Å². The van der Waals surface area contributed by atoms with Crippen molar-refractivity contribution in [1.29, 1.82) is 0 Å². The van der Waals surface area contributed by atoms with Crippen molar-refractivity contribution in [3.8, 4) is 0 Å². The second kappa shape index (κ2) is 5.66. The maximum Gasteiger partial charge on any atom is 0.0962 e. The number of pyridine rings is 1. The highest BCUT2D eigenvalue weighted by Gasteiger charge is 2.15. The van der Waals surface area contributed by atoms with E-state index in [-0.39, 0.29) is 6.04 Å². The first-order valence-corrected chi connectivity index (χ1v) is 6.59. The predicted molar refractivity (Wildman–Crippen MR) is 66.5 cm³/mol. The highest BCUT2D eigenvalue weighted by molar-refractivity contribution is 7.99. The van der Waals surface area contributed by atoms with Crippen molar-refractivity contribution in [3.05, 3.63) is 23.9 Å². The third kappa shape index (κ3) is 3.20. The molecule has 1 fully saturated rings. The summed E-state index contributed by atoms with van der Waals surface area (Å²) in [5.41, 5.74) is 6.88. The van der Waals surface area contributed by atoms with E-state index in [1.807, 2.05) is 24.9 Å². The largest absolute Gasteiger partial charge is 0.381 e. The molecule has 16 heavy (non-hydrogen) atoms. The molecule has 0 aromatic carbocycles. The fourth-order valence-electron chi connectivity index (χ4n) is 1.70. The zero-order chi connectivity index (χ0) is 11.4. The van der Waals surface area contributed by atoms with Crippen molar-refractivity contribution in [2.75, 3.05) is 13.2 Å². The second-order valence-corrected chi connectivity index (χ2v) is 5.47. The number of aromatic nitrogens is 1. The first-order valence-electron chi connectivity index (χ1n) is 5.71. The molecular formula is C12H18N2OS. The molecule has 1 aliphatic rings. The lowest BCUT2D eigenvalue weighted by Gasteiger charge is -2.21. The molecule has 1 aromatic rings. The van der Waals surface area contributed by atoms with E-state index < -0.39 is 0 Å². The second-order valence-electron chi connectivity index (χ2n) is 4.15. The lowest BCUT2D eigenvalue weighted by molar-refractivity contribution is 0.1000. The number of hydrogen-bond acceptors (Lipinski definition) is 4. The van der Waals surface area contributed by atoms with E-state index in [0.29, 0.717) is 5.25 Å². The molecule has 0 spiro atoms. The van der Waals surface area contributed by atoms with E-state index >= 15 is 0 Å². The molecule has 0 amide bonds. The molecule has 0 radical (unpaired) electrons. The third-order valence-electron chi connectivity index (χ3n) is 2.74. The van der Waals surface area contributed by atoms with Gasteiger partial charge in [-0.05, 0) is 31.4 Å². The molecule has 88 valence electrons. The summed E-state index contributed by atoms with van der Waals surface area (Å²) in [6.07, 6.45) is 4.13. The van der Waals surface area contributed by atoms with Gasteiger partial charge < -0.3 is 10.5 Å². The van der Waals surface area contributed by atoms with Crippen molar-refractivity contribution in [1.82, 2.24) is 4.98 Å². The Hall–Kier alpha value is -0.580. The van der Waals surface area contributed by atoms with Crippen LogP contribution in [0.3, 0.4) is 0 Å². The molecule has 0 aliphatic carbocycles. The van der Waals surface area contributed by atoms with Gasteiger partial charge in [0.25, 0.3) is 0 Å². The molecular weight excluding hydrogens is 220 g/mol. The van der Waals surface area contributed by atoms with Gasteiger partial charge in [-0.1, -0.05) is 6.07 Å². The van der Waals surface area contributed by atoms with Gasteiger partial charge in [-0.15, -0.1) is 11.8 Å². The zero-order valence-electron chi connectivity index (χ0n) is 9.56. The molecule has 4 heteroatoms. The van der Waals surface area contributed by atoms with Gasteiger partial charge in [0.05, 0.1) is 5.03 Å². The molecule has 0 unspecified atom stereocenters. The number of rotatable bonds is 3. The van der Waals surface area contributed by atoms with Crippen LogP contribution in [0.5, 0.6) is 0 Å². The van der Waals surface area contributed by atoms with Crippen molar-refractivity contribution in [2.45, 2.75) is 36.1 Å². The monoisotopic (exact) mass is 238 g/mol. The first-order chi connectivity index (χ1) is 7.75. The average Bonchev–Trinajstić information content (AvgIpc) is 2.31. The summed E-state index contributed by atoms with van der Waals surface area (Å²) in [7, 11) is 0. The van der Waals surface area contributed by atoms with Gasteiger partial charge in [0.2, 0.25) is 0 Å². The minimum absolute atomic E-state index is 0.0645. The molecule has 1 atom stereocenters. The number of nitrogens with two attached hydrogens (primary N) is 1. The minimum atomic E-state index is 0.0645. The van der Waals surface area contributed by atoms with Crippen LogP contribution in [0.25, 0.3) is 0 Å². The Labute approximate surface area is 101 Å². The van der Waals surface area contributed by atoms with Crippen LogP contribution in [0.15, 0.2) is 23.4 Å². The fourth-order valence-corrected chi connectivity index (χ4v) is 2.73. The quantitative estimate of drug-likeness (QED) is 0.878. The number of nitrogens with zero attached hydrogens (tertiary/aromatic N) is 1. The topological polar surface area (TPSA) is 48.1 Å². The zero-order valence-corrected chi connectivity index (χ0v) is 10.4. The molecule has 0 saturated carbocycles. The van der Waals surface area contributed by atoms with E-state index in [0.717, 1.165) is 36.6 Å². The van der Waals surface area contributed by atoms with Gasteiger partial charge in [0, 0.05) is 30.7 Å². The van der Waals surface area contributed by atoms with Gasteiger partial charge in [-0.3, -0.25) is 0 Å². The summed E-state index contributed by atoms with van der Waals surface area (Å²) in [4.78, 5) is 4.44. The molecule has 1 aromatic heterocycles. The summed E-state index contributed by atoms with van der Waals surface area (Å²) in [5, 5.41) is 1.75. The molecule has 1 aliphatic heterocycles. The van der Waals surface area contributed by atoms with Crippen LogP contribution in [-0.4, -0.2) is 23.4 Å². The van der Waals surface area contributed by atoms with Crippen LogP contribution in [0, 0.1) is 0 Å². The SMILES string of the molecule is C[C@@H](N)c1ccc(SC2CCOCC2)nc1. The van der Waals surface area contributed by atoms with Gasteiger partial charge in [0.15, 0.2) is 0 Å². The van der Waals surface area contributed by atoms with E-state index in [1.165, 1.54) is 0 Å². The standard InChI is InChI=1S/C12H18N2OS/c1-9(13)10-2-3-12(14-8-10)16-11-4-6-15-7-5-11/h2-3,8-9,11H,4-7,13H2,1H3/t9-/m1/s1. The van der Waals surface area contributed by atoms with Gasteiger partial charge >= 0.3 is 0 Å². The molecule has 2 heterocycles. The van der Waals surface area contributed by atoms with E-state index in [2.05, 4.69) is 17.1 Å². The Morgan fingerprint density at radius 1 is 1.44 bits per heavy atom. The van der Waals surface area contributed by atoms with E-state index in [9.17, 15) is 0 Å². The van der Waals surface area contributed by atoms with Crippen LogP contribution < -0.4 is 5.73 Å². The third-order valence-corrected chi connectivity index (χ3v) is 4.03. The summed E-state index contributed by atoms with van der Waals surface area (Å²) >= 11 is 1.85. The summed E-state index contributed by atoms with van der Waals surface area (Å²) in [6, 6.07) is 4.20. The lowest BCUT2D eigenvalue weighted by atomic mass is 10.2. The fraction of sp³-hybridized carbons (Fsp3) is 0.583. The van der Waals surface area contributed by atoms with E-state index in [4.69, 9.17) is 10.5 Å². The van der Waals surface area contributed by atoms with Crippen LogP contribution in [-0.2, 0) is 4.74 Å². The Bertz CT molecular complexity index is 320. The number of hydrogen-bond donors (Lipinski definition) is 1. The van der Waals surface area contributed by atoms with Crippen molar-refractivity contribution in [3.63, 3.8) is 0 Å². The summed E-state index contributed by atoms with van der Waals surface area (Å²) < 4.78 is 5.34. The number of ether oxygens (including phenoxy) is 1. The maximum atomic E-state index is 5.78. The smallest absolute Gasteiger partial charge is 0.0962 e. The molecule has 2 N–H and O–H groups in total. The average molecular weight is 238 g/mol. The van der Waals surface area contributed by atoms with Crippen LogP contribution in [0.1, 0.15) is 31.4 Å². The summed E-state index contributed by atoms with van der Waals surface area (Å²) in [6.45, 7) is 3.74. The van der Waals surface area contributed by atoms with Crippen molar-refractivity contribution < 1.29 is 4.74 Å². The van der Waals surface area contributed by atoms with Crippen molar-refractivity contribution in [2.24, 2.45) is 5.73 Å². The highest BCUT2D eigenvalue weighted by atomic mass is 32.2. The Kier molecular flexibility index (Phi) is 4.21. The summed E-state index contributed by atoms with van der Waals surface area (Å²) in [5.74, 6) is 0. The molecule has 0 bridgehead atoms. The Morgan fingerprint density at radius 2 is 2.19 bits per heavy atom. The maximum absolute atomic E-state index is 5.78. The van der Waals surface area contributed by atoms with Crippen LogP contribution in [0.2, 0.25) is 0 Å². The van der Waals surface area contributed by atoms with E-state index in [1.54, 1.807) is 0 Å². The van der Waals surface area contributed by atoms with Crippen LogP contribution in [0.4, 0.5) is 0 Å². The highest BCUT2D eigenvalue weighted by Crippen LogP contribution is 2.28. The Balaban J connectivity index is 1.93. The minimum Gasteiger partial charge on any atom is -0.381 e. The van der Waals surface area contributed by atoms with Gasteiger partial charge in [0.1, 0.15) is 0 Å². The molecule has 3 nitrogen and oxygen atoms in total. The predicted octanol–water partition coefficient (Wildman–Crippen LogP) is 2.37. The van der Waals surface area contributed by atoms with Crippen molar-refractivity contribution >= 4 is 11.8 Å². The lowest BCUT2D eigenvalue weighted by Crippen LogP contribution is -2.17. The molecule has 2 rings (SSSR count). The van der Waals surface area contributed by atoms with Gasteiger partial charge in [-0.25, -0.2) is 4.98 Å².